The van der Waals surface area contributed by atoms with Crippen LogP contribution in [0.25, 0.3) is 0 Å². The Morgan fingerprint density at radius 1 is 1.13 bits per heavy atom. The topological polar surface area (TPSA) is 79.2 Å². The van der Waals surface area contributed by atoms with E-state index < -0.39 is 21.7 Å². The molecule has 115 valence electrons. The molecule has 0 fully saturated rings. The number of nitriles is 1. The number of hydrogen-bond donors (Lipinski definition) is 1. The fraction of sp³-hybridized carbons (Fsp3) is 0.0714. The van der Waals surface area contributed by atoms with Crippen LogP contribution in [0.2, 0.25) is 0 Å². The van der Waals surface area contributed by atoms with Crippen LogP contribution in [0.15, 0.2) is 36.4 Å². The minimum absolute atomic E-state index is 0. The molecule has 0 amide bonds. The Balaban J connectivity index is 0.00000264. The van der Waals surface area contributed by atoms with Crippen molar-refractivity contribution in [2.24, 2.45) is 0 Å². The van der Waals surface area contributed by atoms with Crippen LogP contribution < -0.4 is 9.46 Å². The van der Waals surface area contributed by atoms with Gasteiger partial charge in [0.2, 0.25) is 10.0 Å². The Bertz CT molecular complexity index is 867. The van der Waals surface area contributed by atoms with Gasteiger partial charge in [-0.25, -0.2) is 17.2 Å². The predicted molar refractivity (Wildman–Crippen MR) is 81.8 cm³/mol. The molecule has 0 spiro atoms. The van der Waals surface area contributed by atoms with Gasteiger partial charge in [0.05, 0.1) is 23.6 Å². The van der Waals surface area contributed by atoms with Crippen molar-refractivity contribution in [3.8, 4) is 17.6 Å². The SMILES string of the molecule is CS(=O)(=O)Nc1ccc(C#N)cc1Oc1ccc(F)cc1F.[Na]. The molecule has 0 saturated carbocycles. The smallest absolute Gasteiger partial charge is 0.229 e. The second-order valence-electron chi connectivity index (χ2n) is 4.37. The van der Waals surface area contributed by atoms with Crippen LogP contribution >= 0.6 is 0 Å². The van der Waals surface area contributed by atoms with Crippen LogP contribution in [0.3, 0.4) is 0 Å². The van der Waals surface area contributed by atoms with Crippen LogP contribution in [0.1, 0.15) is 5.56 Å². The Hall–Kier alpha value is -1.66. The Labute approximate surface area is 154 Å². The van der Waals surface area contributed by atoms with Crippen molar-refractivity contribution in [3.05, 3.63) is 53.6 Å². The Kier molecular flexibility index (Phi) is 6.53. The summed E-state index contributed by atoms with van der Waals surface area (Å²) < 4.78 is 56.6. The number of sulfonamides is 1. The van der Waals surface area contributed by atoms with E-state index in [1.807, 2.05) is 6.07 Å². The second-order valence-corrected chi connectivity index (χ2v) is 6.12. The maximum atomic E-state index is 13.6. The van der Waals surface area contributed by atoms with Crippen molar-refractivity contribution in [2.45, 2.75) is 0 Å². The Morgan fingerprint density at radius 2 is 1.83 bits per heavy atom. The average molecular weight is 347 g/mol. The van der Waals surface area contributed by atoms with Crippen molar-refractivity contribution in [2.75, 3.05) is 11.0 Å². The summed E-state index contributed by atoms with van der Waals surface area (Å²) in [5.74, 6) is -2.10. The van der Waals surface area contributed by atoms with E-state index in [0.29, 0.717) is 6.07 Å². The third-order valence-electron chi connectivity index (χ3n) is 2.52. The zero-order valence-corrected chi connectivity index (χ0v) is 15.1. The molecule has 2 aromatic rings. The number of hydrogen-bond acceptors (Lipinski definition) is 4. The average Bonchev–Trinajstić information content (AvgIpc) is 2.42. The zero-order chi connectivity index (χ0) is 16.3. The number of ether oxygens (including phenoxy) is 1. The Morgan fingerprint density at radius 3 is 2.39 bits per heavy atom. The van der Waals surface area contributed by atoms with Gasteiger partial charge in [-0.2, -0.15) is 5.26 Å². The molecule has 5 nitrogen and oxygen atoms in total. The summed E-state index contributed by atoms with van der Waals surface area (Å²) >= 11 is 0. The first kappa shape index (κ1) is 19.4. The third-order valence-corrected chi connectivity index (χ3v) is 3.11. The number of benzene rings is 2. The summed E-state index contributed by atoms with van der Waals surface area (Å²) in [6, 6.07) is 8.49. The molecule has 0 heterocycles. The predicted octanol–water partition coefficient (Wildman–Crippen LogP) is 2.62. The van der Waals surface area contributed by atoms with Crippen molar-refractivity contribution >= 4 is 45.3 Å². The van der Waals surface area contributed by atoms with Gasteiger partial charge in [0.1, 0.15) is 5.82 Å². The quantitative estimate of drug-likeness (QED) is 0.863. The summed E-state index contributed by atoms with van der Waals surface area (Å²) in [6.07, 6.45) is 0.938. The second kappa shape index (κ2) is 7.75. The van der Waals surface area contributed by atoms with Gasteiger partial charge in [-0.05, 0) is 24.3 Å². The van der Waals surface area contributed by atoms with Gasteiger partial charge in [-0.3, -0.25) is 4.72 Å². The summed E-state index contributed by atoms with van der Waals surface area (Å²) in [7, 11) is -3.60. The molecule has 1 N–H and O–H groups in total. The fourth-order valence-electron chi connectivity index (χ4n) is 1.64. The summed E-state index contributed by atoms with van der Waals surface area (Å²) in [6.45, 7) is 0. The molecule has 1 radical (unpaired) electrons. The normalized spacial score (nSPS) is 10.3. The molecule has 0 aliphatic rings. The summed E-state index contributed by atoms with van der Waals surface area (Å²) in [5.41, 5.74) is 0.224. The first-order valence-corrected chi connectivity index (χ1v) is 7.82. The molecule has 0 saturated heterocycles. The van der Waals surface area contributed by atoms with Crippen LogP contribution in [0.4, 0.5) is 14.5 Å². The van der Waals surface area contributed by atoms with E-state index in [4.69, 9.17) is 10.00 Å². The van der Waals surface area contributed by atoms with Gasteiger partial charge in [-0.1, -0.05) is 0 Å². The molecule has 2 aromatic carbocycles. The van der Waals surface area contributed by atoms with E-state index in [1.165, 1.54) is 18.2 Å². The van der Waals surface area contributed by atoms with E-state index >= 15 is 0 Å². The first-order chi connectivity index (χ1) is 10.3. The maximum Gasteiger partial charge on any atom is 0.229 e. The minimum Gasteiger partial charge on any atom is -0.452 e. The van der Waals surface area contributed by atoms with Crippen molar-refractivity contribution in [1.29, 1.82) is 5.26 Å². The van der Waals surface area contributed by atoms with Crippen LogP contribution in [0, 0.1) is 23.0 Å². The van der Waals surface area contributed by atoms with E-state index in [2.05, 4.69) is 4.72 Å². The molecule has 0 aliphatic carbocycles. The molecular formula is C14H10F2N2NaO3S. The van der Waals surface area contributed by atoms with Gasteiger partial charge in [0.15, 0.2) is 17.3 Å². The van der Waals surface area contributed by atoms with Crippen LogP contribution in [-0.4, -0.2) is 44.2 Å². The monoisotopic (exact) mass is 347 g/mol. The van der Waals surface area contributed by atoms with Gasteiger partial charge < -0.3 is 4.74 Å². The van der Waals surface area contributed by atoms with E-state index in [0.717, 1.165) is 18.4 Å². The van der Waals surface area contributed by atoms with E-state index in [-0.39, 0.29) is 52.3 Å². The first-order valence-electron chi connectivity index (χ1n) is 5.93. The van der Waals surface area contributed by atoms with Crippen LogP contribution in [0.5, 0.6) is 11.5 Å². The van der Waals surface area contributed by atoms with E-state index in [9.17, 15) is 17.2 Å². The number of rotatable bonds is 4. The molecular weight excluding hydrogens is 337 g/mol. The number of anilines is 1. The van der Waals surface area contributed by atoms with Gasteiger partial charge in [0, 0.05) is 41.7 Å². The van der Waals surface area contributed by atoms with Gasteiger partial charge >= 0.3 is 0 Å². The maximum absolute atomic E-state index is 13.6. The number of nitrogens with zero attached hydrogens (tertiary/aromatic N) is 1. The summed E-state index contributed by atoms with van der Waals surface area (Å²) in [4.78, 5) is 0. The fourth-order valence-corrected chi connectivity index (χ4v) is 2.20. The van der Waals surface area contributed by atoms with Gasteiger partial charge in [-0.15, -0.1) is 0 Å². The molecule has 0 atom stereocenters. The molecule has 0 bridgehead atoms. The number of halogens is 2. The van der Waals surface area contributed by atoms with Crippen molar-refractivity contribution < 1.29 is 21.9 Å². The number of nitrogens with one attached hydrogen (secondary N) is 1. The third kappa shape index (κ3) is 5.48. The molecule has 9 heteroatoms. The van der Waals surface area contributed by atoms with Gasteiger partial charge in [0.25, 0.3) is 0 Å². The van der Waals surface area contributed by atoms with Crippen molar-refractivity contribution in [1.82, 2.24) is 0 Å². The molecule has 0 aliphatic heterocycles. The standard InChI is InChI=1S/C14H10F2N2O3S.Na/c1-22(19,20)18-12-4-2-9(8-17)6-14(12)21-13-5-3-10(15)7-11(13)16;/h2-7,18H,1H3;. The van der Waals surface area contributed by atoms with Crippen LogP contribution in [-0.2, 0) is 10.0 Å². The molecule has 2 rings (SSSR count). The summed E-state index contributed by atoms with van der Waals surface area (Å²) in [5, 5.41) is 8.87. The largest absolute Gasteiger partial charge is 0.452 e. The molecule has 23 heavy (non-hydrogen) atoms. The minimum atomic E-state index is -3.60. The van der Waals surface area contributed by atoms with Crippen molar-refractivity contribution in [3.63, 3.8) is 0 Å². The molecule has 0 unspecified atom stereocenters. The zero-order valence-electron chi connectivity index (χ0n) is 12.3. The molecule has 0 aromatic heterocycles. The van der Waals surface area contributed by atoms with E-state index in [1.54, 1.807) is 0 Å².